The van der Waals surface area contributed by atoms with Crippen LogP contribution in [0.1, 0.15) is 45.3 Å². The second-order valence-corrected chi connectivity index (χ2v) is 13.3. The van der Waals surface area contributed by atoms with Gasteiger partial charge in [0.15, 0.2) is 14.4 Å². The van der Waals surface area contributed by atoms with E-state index < -0.39 is 20.3 Å². The Bertz CT molecular complexity index is 681. The number of ether oxygens (including phenoxy) is 1. The molecule has 0 aliphatic carbocycles. The molecular formula is C22H33NO3Si. The fourth-order valence-electron chi connectivity index (χ4n) is 2.96. The van der Waals surface area contributed by atoms with Crippen LogP contribution in [0.2, 0.25) is 18.1 Å². The summed E-state index contributed by atoms with van der Waals surface area (Å²) in [7, 11) is -2.21. The molecule has 1 aliphatic rings. The van der Waals surface area contributed by atoms with Crippen molar-refractivity contribution in [2.75, 3.05) is 6.54 Å². The van der Waals surface area contributed by atoms with Crippen molar-refractivity contribution in [2.24, 2.45) is 0 Å². The zero-order chi connectivity index (χ0) is 20.3. The molecule has 1 heterocycles. The van der Waals surface area contributed by atoms with Gasteiger partial charge >= 0.3 is 0 Å². The molecule has 0 bridgehead atoms. The highest BCUT2D eigenvalue weighted by molar-refractivity contribution is 6.74. The van der Waals surface area contributed by atoms with Crippen molar-refractivity contribution in [3.8, 4) is 0 Å². The van der Waals surface area contributed by atoms with Gasteiger partial charge in [0.1, 0.15) is 0 Å². The molecule has 0 saturated carbocycles. The molecule has 0 aromatic heterocycles. The van der Waals surface area contributed by atoms with E-state index in [9.17, 15) is 4.79 Å². The minimum absolute atomic E-state index is 0.00866. The van der Waals surface area contributed by atoms with Crippen molar-refractivity contribution in [3.05, 3.63) is 61.2 Å². The third kappa shape index (κ3) is 4.42. The number of allylic oxidation sites excluding steroid dienone is 1. The second-order valence-electron chi connectivity index (χ2n) is 8.55. The molecule has 2 rings (SSSR count). The summed E-state index contributed by atoms with van der Waals surface area (Å²) < 4.78 is 13.2. The molecular weight excluding hydrogens is 354 g/mol. The second kappa shape index (κ2) is 8.13. The number of hydrogen-bond acceptors (Lipinski definition) is 3. The third-order valence-electron chi connectivity index (χ3n) is 5.50. The summed E-state index contributed by atoms with van der Waals surface area (Å²) >= 11 is 0. The van der Waals surface area contributed by atoms with E-state index in [-0.39, 0.29) is 10.9 Å². The van der Waals surface area contributed by atoms with Crippen LogP contribution in [0.25, 0.3) is 0 Å². The molecule has 1 aliphatic heterocycles. The number of hydrogen-bond donors (Lipinski definition) is 0. The summed E-state index contributed by atoms with van der Waals surface area (Å²) in [5.74, 6) is -1.17. The lowest BCUT2D eigenvalue weighted by Gasteiger charge is -2.46. The van der Waals surface area contributed by atoms with Crippen molar-refractivity contribution < 1.29 is 14.0 Å². The maximum absolute atomic E-state index is 13.3. The first-order chi connectivity index (χ1) is 12.6. The zero-order valence-electron chi connectivity index (χ0n) is 17.3. The first-order valence-corrected chi connectivity index (χ1v) is 12.4. The van der Waals surface area contributed by atoms with Gasteiger partial charge in [-0.2, -0.15) is 0 Å². The number of benzene rings is 1. The number of carbonyl (C=O) groups excluding carboxylic acids is 1. The van der Waals surface area contributed by atoms with E-state index in [0.29, 0.717) is 19.4 Å². The normalized spacial score (nSPS) is 23.5. The van der Waals surface area contributed by atoms with Crippen molar-refractivity contribution in [2.45, 2.75) is 63.8 Å². The standard InChI is InChI=1S/C22H33NO3Si/c1-8-10-16-22(26-27(6,7)21(3,4)5)23(17-9-2)20(24)19(25-22)18-14-12-11-13-15-18/h8-9,11-15,19H,1-2,10,16-17H2,3-7H3/t19-,22?/m0/s1. The molecule has 148 valence electrons. The molecule has 1 saturated heterocycles. The molecule has 1 unspecified atom stereocenters. The highest BCUT2D eigenvalue weighted by Gasteiger charge is 2.56. The summed E-state index contributed by atoms with van der Waals surface area (Å²) in [5.41, 5.74) is 0.843. The van der Waals surface area contributed by atoms with Crippen LogP contribution < -0.4 is 0 Å². The van der Waals surface area contributed by atoms with Gasteiger partial charge in [-0.3, -0.25) is 9.69 Å². The van der Waals surface area contributed by atoms with Gasteiger partial charge in [-0.05, 0) is 30.1 Å². The average molecular weight is 388 g/mol. The summed E-state index contributed by atoms with van der Waals surface area (Å²) in [6.45, 7) is 19.0. The van der Waals surface area contributed by atoms with Crippen LogP contribution >= 0.6 is 0 Å². The van der Waals surface area contributed by atoms with Gasteiger partial charge in [0.25, 0.3) is 5.91 Å². The smallest absolute Gasteiger partial charge is 0.260 e. The zero-order valence-corrected chi connectivity index (χ0v) is 18.3. The first-order valence-electron chi connectivity index (χ1n) is 9.54. The van der Waals surface area contributed by atoms with E-state index in [1.165, 1.54) is 0 Å². The largest absolute Gasteiger partial charge is 0.374 e. The van der Waals surface area contributed by atoms with Gasteiger partial charge in [-0.15, -0.1) is 13.2 Å². The van der Waals surface area contributed by atoms with Gasteiger partial charge in [-0.25, -0.2) is 0 Å². The van der Waals surface area contributed by atoms with Gasteiger partial charge in [0, 0.05) is 13.0 Å². The Balaban J connectivity index is 2.49. The van der Waals surface area contributed by atoms with E-state index in [4.69, 9.17) is 9.16 Å². The minimum Gasteiger partial charge on any atom is -0.374 e. The molecule has 5 heteroatoms. The fraction of sp³-hybridized carbons (Fsp3) is 0.500. The van der Waals surface area contributed by atoms with Crippen LogP contribution in [0.5, 0.6) is 0 Å². The van der Waals surface area contributed by atoms with Crippen molar-refractivity contribution >= 4 is 14.2 Å². The van der Waals surface area contributed by atoms with Crippen molar-refractivity contribution in [3.63, 3.8) is 0 Å². The Morgan fingerprint density at radius 1 is 1.22 bits per heavy atom. The Hall–Kier alpha value is -1.69. The predicted octanol–water partition coefficient (Wildman–Crippen LogP) is 5.41. The topological polar surface area (TPSA) is 38.8 Å². The molecule has 0 spiro atoms. The Morgan fingerprint density at radius 3 is 2.37 bits per heavy atom. The molecule has 1 fully saturated rings. The molecule has 2 atom stereocenters. The van der Waals surface area contributed by atoms with Crippen LogP contribution in [0.15, 0.2) is 55.6 Å². The van der Waals surface area contributed by atoms with Gasteiger partial charge < -0.3 is 9.16 Å². The van der Waals surface area contributed by atoms with Crippen LogP contribution in [0, 0.1) is 0 Å². The highest BCUT2D eigenvalue weighted by Crippen LogP contribution is 2.47. The number of rotatable bonds is 8. The van der Waals surface area contributed by atoms with E-state index in [0.717, 1.165) is 5.56 Å². The van der Waals surface area contributed by atoms with E-state index in [1.54, 1.807) is 11.0 Å². The van der Waals surface area contributed by atoms with E-state index in [2.05, 4.69) is 47.0 Å². The molecule has 27 heavy (non-hydrogen) atoms. The fourth-order valence-corrected chi connectivity index (χ4v) is 4.33. The van der Waals surface area contributed by atoms with Gasteiger partial charge in [-0.1, -0.05) is 63.3 Å². The highest BCUT2D eigenvalue weighted by atomic mass is 28.4. The summed E-state index contributed by atoms with van der Waals surface area (Å²) in [6.07, 6.45) is 4.14. The summed E-state index contributed by atoms with van der Waals surface area (Å²) in [4.78, 5) is 15.0. The average Bonchev–Trinajstić information content (AvgIpc) is 2.86. The van der Waals surface area contributed by atoms with Crippen molar-refractivity contribution in [1.29, 1.82) is 0 Å². The monoisotopic (exact) mass is 387 g/mol. The lowest BCUT2D eigenvalue weighted by molar-refractivity contribution is -0.245. The molecule has 1 amide bonds. The number of nitrogens with zero attached hydrogens (tertiary/aromatic N) is 1. The predicted molar refractivity (Wildman–Crippen MR) is 113 cm³/mol. The number of carbonyl (C=O) groups is 1. The number of amides is 1. The lowest BCUT2D eigenvalue weighted by atomic mass is 10.1. The van der Waals surface area contributed by atoms with Crippen LogP contribution in [0.3, 0.4) is 0 Å². The molecule has 0 N–H and O–H groups in total. The Morgan fingerprint density at radius 2 is 1.85 bits per heavy atom. The maximum atomic E-state index is 13.3. The van der Waals surface area contributed by atoms with Crippen LogP contribution in [-0.2, 0) is 14.0 Å². The van der Waals surface area contributed by atoms with Crippen LogP contribution in [0.4, 0.5) is 0 Å². The van der Waals surface area contributed by atoms with Gasteiger partial charge in [0.2, 0.25) is 5.91 Å². The summed E-state index contributed by atoms with van der Waals surface area (Å²) in [6, 6.07) is 9.61. The van der Waals surface area contributed by atoms with Crippen LogP contribution in [-0.4, -0.2) is 31.6 Å². The quantitative estimate of drug-likeness (QED) is 0.442. The first kappa shape index (κ1) is 21.6. The molecule has 4 nitrogen and oxygen atoms in total. The lowest BCUT2D eigenvalue weighted by Crippen LogP contribution is -2.57. The third-order valence-corrected chi connectivity index (χ3v) is 9.94. The Labute approximate surface area is 165 Å². The van der Waals surface area contributed by atoms with Gasteiger partial charge in [0.05, 0.1) is 0 Å². The van der Waals surface area contributed by atoms with E-state index >= 15 is 0 Å². The minimum atomic E-state index is -2.21. The van der Waals surface area contributed by atoms with Crippen molar-refractivity contribution in [1.82, 2.24) is 4.90 Å². The van der Waals surface area contributed by atoms with E-state index in [1.807, 2.05) is 36.4 Å². The molecule has 1 aromatic rings. The summed E-state index contributed by atoms with van der Waals surface area (Å²) in [5, 5.41) is -0.00866. The SMILES string of the molecule is C=CCCC1(O[Si](C)(C)C(C)(C)C)O[C@@H](c2ccccc2)C(=O)N1CC=C. The molecule has 1 aromatic carbocycles. The Kier molecular flexibility index (Phi) is 6.50. The molecule has 0 radical (unpaired) electrons. The maximum Gasteiger partial charge on any atom is 0.260 e.